The fraction of sp³-hybridized carbons (Fsp3) is 0.375. The number of anilines is 1. The van der Waals surface area contributed by atoms with Crippen molar-refractivity contribution in [1.82, 2.24) is 10.2 Å². The molecule has 0 aliphatic carbocycles. The Bertz CT molecular complexity index is 792. The van der Waals surface area contributed by atoms with Crippen LogP contribution in [0.25, 0.3) is 0 Å². The molecule has 1 saturated heterocycles. The largest absolute Gasteiger partial charge is 0.454 e. The van der Waals surface area contributed by atoms with Gasteiger partial charge in [-0.15, -0.1) is 0 Å². The van der Waals surface area contributed by atoms with Gasteiger partial charge < -0.3 is 15.4 Å². The van der Waals surface area contributed by atoms with E-state index in [2.05, 4.69) is 10.6 Å². The molecule has 4 amide bonds. The number of benzene rings is 1. The lowest BCUT2D eigenvalue weighted by atomic mass is 9.99. The minimum absolute atomic E-state index is 0.132. The van der Waals surface area contributed by atoms with E-state index in [-0.39, 0.29) is 11.4 Å². The second-order valence-corrected chi connectivity index (χ2v) is 6.02. The zero-order valence-electron chi connectivity index (χ0n) is 14.7. The van der Waals surface area contributed by atoms with Crippen molar-refractivity contribution in [3.63, 3.8) is 0 Å². The summed E-state index contributed by atoms with van der Waals surface area (Å²) in [6, 6.07) is 4.39. The minimum Gasteiger partial charge on any atom is -0.454 e. The molecule has 2 N–H and O–H groups in total. The van der Waals surface area contributed by atoms with Crippen molar-refractivity contribution in [2.75, 3.05) is 18.5 Å². The summed E-state index contributed by atoms with van der Waals surface area (Å²) in [7, 11) is 0. The Morgan fingerprint density at radius 1 is 1.30 bits per heavy atom. The third-order valence-electron chi connectivity index (χ3n) is 4.07. The first-order valence-corrected chi connectivity index (χ1v) is 8.00. The van der Waals surface area contributed by atoms with Crippen molar-refractivity contribution in [1.29, 1.82) is 0 Å². The molecular formula is C16H18N4O7. The van der Waals surface area contributed by atoms with Gasteiger partial charge in [-0.3, -0.25) is 29.4 Å². The number of carbonyl (C=O) groups excluding carboxylic acids is 4. The van der Waals surface area contributed by atoms with Crippen molar-refractivity contribution in [2.45, 2.75) is 25.8 Å². The van der Waals surface area contributed by atoms with Crippen molar-refractivity contribution in [3.05, 3.63) is 34.4 Å². The molecule has 1 aliphatic heterocycles. The Kier molecular flexibility index (Phi) is 5.73. The van der Waals surface area contributed by atoms with Gasteiger partial charge in [-0.05, 0) is 25.5 Å². The molecule has 1 aromatic carbocycles. The van der Waals surface area contributed by atoms with Crippen LogP contribution in [-0.4, -0.2) is 52.3 Å². The summed E-state index contributed by atoms with van der Waals surface area (Å²) in [6.07, 6.45) is 0.362. The molecule has 1 aromatic rings. The van der Waals surface area contributed by atoms with Gasteiger partial charge in [0, 0.05) is 17.8 Å². The highest BCUT2D eigenvalue weighted by molar-refractivity contribution is 6.08. The molecule has 1 atom stereocenters. The summed E-state index contributed by atoms with van der Waals surface area (Å²) in [5.41, 5.74) is -0.911. The molecular weight excluding hydrogens is 360 g/mol. The number of carbonyl (C=O) groups is 4. The topological polar surface area (TPSA) is 148 Å². The van der Waals surface area contributed by atoms with Crippen LogP contribution in [0.1, 0.15) is 20.3 Å². The first kappa shape index (κ1) is 19.8. The molecule has 2 rings (SSSR count). The van der Waals surface area contributed by atoms with Crippen LogP contribution < -0.4 is 10.6 Å². The Hall–Kier alpha value is -3.50. The molecule has 0 radical (unpaired) electrons. The molecule has 11 nitrogen and oxygen atoms in total. The number of esters is 1. The maximum atomic E-state index is 12.2. The van der Waals surface area contributed by atoms with Crippen LogP contribution in [-0.2, 0) is 19.1 Å². The van der Waals surface area contributed by atoms with Crippen LogP contribution >= 0.6 is 0 Å². The molecule has 1 unspecified atom stereocenters. The Balaban J connectivity index is 1.83. The van der Waals surface area contributed by atoms with Gasteiger partial charge in [0.1, 0.15) is 12.1 Å². The van der Waals surface area contributed by atoms with E-state index in [1.54, 1.807) is 13.8 Å². The average Bonchev–Trinajstić information content (AvgIpc) is 2.84. The SMILES string of the molecule is CCC1(C)NC(=O)N(CC(=O)OCC(=O)Nc2ccc([N+](=O)[O-])cc2)C1=O. The van der Waals surface area contributed by atoms with E-state index >= 15 is 0 Å². The minimum atomic E-state index is -1.06. The number of nitrogens with zero attached hydrogens (tertiary/aromatic N) is 2. The number of hydrogen-bond donors (Lipinski definition) is 2. The van der Waals surface area contributed by atoms with Crippen LogP contribution in [0.4, 0.5) is 16.2 Å². The highest BCUT2D eigenvalue weighted by Crippen LogP contribution is 2.20. The standard InChI is InChI=1S/C16H18N4O7/c1-3-16(2)14(23)19(15(24)18-16)8-13(22)27-9-12(21)17-10-4-6-11(7-5-10)20(25)26/h4-7H,3,8-9H2,1-2H3,(H,17,21)(H,18,24). The number of rotatable bonds is 7. The van der Waals surface area contributed by atoms with Gasteiger partial charge in [0.15, 0.2) is 6.61 Å². The number of nitro benzene ring substituents is 1. The normalized spacial score (nSPS) is 18.8. The maximum Gasteiger partial charge on any atom is 0.326 e. The number of imide groups is 1. The second-order valence-electron chi connectivity index (χ2n) is 6.02. The predicted octanol–water partition coefficient (Wildman–Crippen LogP) is 0.797. The van der Waals surface area contributed by atoms with Gasteiger partial charge >= 0.3 is 12.0 Å². The van der Waals surface area contributed by atoms with Crippen LogP contribution in [0.15, 0.2) is 24.3 Å². The number of hydrogen-bond acceptors (Lipinski definition) is 7. The van der Waals surface area contributed by atoms with Crippen LogP contribution in [0.2, 0.25) is 0 Å². The van der Waals surface area contributed by atoms with Gasteiger partial charge in [-0.25, -0.2) is 4.79 Å². The summed E-state index contributed by atoms with van der Waals surface area (Å²) in [5.74, 6) is -2.13. The number of amides is 4. The Morgan fingerprint density at radius 3 is 2.44 bits per heavy atom. The third kappa shape index (κ3) is 4.57. The molecule has 0 saturated carbocycles. The van der Waals surface area contributed by atoms with E-state index in [0.29, 0.717) is 6.42 Å². The molecule has 27 heavy (non-hydrogen) atoms. The number of nitro groups is 1. The monoisotopic (exact) mass is 378 g/mol. The van der Waals surface area contributed by atoms with E-state index in [0.717, 1.165) is 4.90 Å². The second kappa shape index (κ2) is 7.81. The molecule has 11 heteroatoms. The first-order chi connectivity index (χ1) is 12.7. The van der Waals surface area contributed by atoms with Crippen LogP contribution in [0, 0.1) is 10.1 Å². The number of urea groups is 1. The van der Waals surface area contributed by atoms with E-state index in [1.807, 2.05) is 0 Å². The van der Waals surface area contributed by atoms with Crippen molar-refractivity contribution in [3.8, 4) is 0 Å². The van der Waals surface area contributed by atoms with Gasteiger partial charge in [0.05, 0.1) is 4.92 Å². The molecule has 0 aromatic heterocycles. The number of non-ortho nitro benzene ring substituents is 1. The quantitative estimate of drug-likeness (QED) is 0.308. The van der Waals surface area contributed by atoms with E-state index in [9.17, 15) is 29.3 Å². The lowest BCUT2D eigenvalue weighted by Crippen LogP contribution is -2.43. The van der Waals surface area contributed by atoms with Gasteiger partial charge in [0.25, 0.3) is 17.5 Å². The van der Waals surface area contributed by atoms with Crippen LogP contribution in [0.5, 0.6) is 0 Å². The van der Waals surface area contributed by atoms with Crippen LogP contribution in [0.3, 0.4) is 0 Å². The lowest BCUT2D eigenvalue weighted by molar-refractivity contribution is -0.384. The smallest absolute Gasteiger partial charge is 0.326 e. The van der Waals surface area contributed by atoms with E-state index in [1.165, 1.54) is 24.3 Å². The molecule has 0 spiro atoms. The van der Waals surface area contributed by atoms with E-state index < -0.39 is 47.4 Å². The molecule has 1 fully saturated rings. The highest BCUT2D eigenvalue weighted by atomic mass is 16.6. The summed E-state index contributed by atoms with van der Waals surface area (Å²) >= 11 is 0. The summed E-state index contributed by atoms with van der Waals surface area (Å²) in [5, 5.41) is 15.5. The van der Waals surface area contributed by atoms with E-state index in [4.69, 9.17) is 4.74 Å². The molecule has 1 heterocycles. The Labute approximate surface area is 153 Å². The number of ether oxygens (including phenoxy) is 1. The fourth-order valence-corrected chi connectivity index (χ4v) is 2.31. The Morgan fingerprint density at radius 2 is 1.93 bits per heavy atom. The summed E-state index contributed by atoms with van der Waals surface area (Å²) in [6.45, 7) is 2.04. The van der Waals surface area contributed by atoms with Crippen molar-refractivity contribution >= 4 is 35.2 Å². The molecule has 0 bridgehead atoms. The number of nitrogens with one attached hydrogen (secondary N) is 2. The zero-order valence-corrected chi connectivity index (χ0v) is 14.7. The highest BCUT2D eigenvalue weighted by Gasteiger charge is 2.47. The maximum absolute atomic E-state index is 12.2. The van der Waals surface area contributed by atoms with Gasteiger partial charge in [-0.1, -0.05) is 6.92 Å². The lowest BCUT2D eigenvalue weighted by Gasteiger charge is -2.18. The average molecular weight is 378 g/mol. The van der Waals surface area contributed by atoms with Gasteiger partial charge in [-0.2, -0.15) is 0 Å². The van der Waals surface area contributed by atoms with Crippen molar-refractivity contribution in [2.24, 2.45) is 0 Å². The third-order valence-corrected chi connectivity index (χ3v) is 4.07. The van der Waals surface area contributed by atoms with Gasteiger partial charge in [0.2, 0.25) is 0 Å². The molecule has 144 valence electrons. The zero-order chi connectivity index (χ0) is 20.2. The molecule has 1 aliphatic rings. The fourth-order valence-electron chi connectivity index (χ4n) is 2.31. The summed E-state index contributed by atoms with van der Waals surface area (Å²) < 4.78 is 4.77. The summed E-state index contributed by atoms with van der Waals surface area (Å²) in [4.78, 5) is 58.3. The predicted molar refractivity (Wildman–Crippen MR) is 91.6 cm³/mol. The first-order valence-electron chi connectivity index (χ1n) is 8.00. The van der Waals surface area contributed by atoms with Crippen molar-refractivity contribution < 1.29 is 28.8 Å².